The van der Waals surface area contributed by atoms with E-state index in [1.165, 1.54) is 37.4 Å². The van der Waals surface area contributed by atoms with Gasteiger partial charge in [-0.05, 0) is 26.0 Å². The van der Waals surface area contributed by atoms with Gasteiger partial charge in [0.05, 0.1) is 5.56 Å². The summed E-state index contributed by atoms with van der Waals surface area (Å²) >= 11 is 0. The van der Waals surface area contributed by atoms with E-state index in [9.17, 15) is 5.26 Å². The lowest BCUT2D eigenvalue weighted by molar-refractivity contribution is 0.115. The van der Waals surface area contributed by atoms with E-state index in [0.717, 1.165) is 0 Å². The van der Waals surface area contributed by atoms with E-state index >= 15 is 8.78 Å². The topological polar surface area (TPSA) is 106 Å². The Labute approximate surface area is 289 Å². The van der Waals surface area contributed by atoms with Crippen molar-refractivity contribution in [2.75, 3.05) is 0 Å². The van der Waals surface area contributed by atoms with Crippen molar-refractivity contribution >= 4 is 21.9 Å². The van der Waals surface area contributed by atoms with Gasteiger partial charge in [0.1, 0.15) is 28.7 Å². The zero-order valence-corrected chi connectivity index (χ0v) is 28.9. The minimum atomic E-state index is -1.85. The molecule has 0 saturated heterocycles. The van der Waals surface area contributed by atoms with Gasteiger partial charge >= 0.3 is 0 Å². The molecule has 3 heterocycles. The minimum Gasteiger partial charge on any atom is -0.456 e. The van der Waals surface area contributed by atoms with Crippen LogP contribution in [0.15, 0.2) is 95.4 Å². The van der Waals surface area contributed by atoms with Crippen molar-refractivity contribution in [1.29, 1.82) is 5.26 Å². The number of halogens is 2. The number of alkyl halides is 1. The van der Waals surface area contributed by atoms with Crippen LogP contribution in [-0.2, 0) is 5.41 Å². The van der Waals surface area contributed by atoms with E-state index in [4.69, 9.17) is 19.4 Å². The lowest BCUT2D eigenvalue weighted by atomic mass is 9.70. The summed E-state index contributed by atoms with van der Waals surface area (Å²) in [7, 11) is 0. The third-order valence-electron chi connectivity index (χ3n) is 9.04. The summed E-state index contributed by atoms with van der Waals surface area (Å²) in [6, 6.07) is 29.2. The number of furan rings is 1. The Kier molecular flexibility index (Phi) is 9.26. The first-order valence-corrected chi connectivity index (χ1v) is 16.6. The van der Waals surface area contributed by atoms with Gasteiger partial charge in [0.25, 0.3) is 11.8 Å². The van der Waals surface area contributed by atoms with Crippen molar-refractivity contribution in [3.05, 3.63) is 108 Å². The van der Waals surface area contributed by atoms with Crippen molar-refractivity contribution in [2.45, 2.75) is 65.5 Å². The van der Waals surface area contributed by atoms with Crippen molar-refractivity contribution in [3.8, 4) is 46.2 Å². The standard InChI is InChI=1S/C36H27F2N7O.C4H10/c1-35(2,36(3,4)38)29-28(25(37)19-24-23-17-11-12-18-26(23)46-30(24)29)33-40-27(20-39)44-45(33)34-42-31(21-13-7-5-8-14-21)41-32(43-34)22-15-9-6-10-16-22;1-3-4-2/h5-19H,1-4H3;3-4H2,1-2H3. The van der Waals surface area contributed by atoms with Crippen molar-refractivity contribution in [2.24, 2.45) is 0 Å². The molecule has 0 saturated carbocycles. The zero-order valence-electron chi connectivity index (χ0n) is 28.9. The predicted molar refractivity (Wildman–Crippen MR) is 192 cm³/mol. The Morgan fingerprint density at radius 2 is 1.32 bits per heavy atom. The fourth-order valence-electron chi connectivity index (χ4n) is 5.49. The molecule has 0 radical (unpaired) electrons. The number of rotatable bonds is 7. The number of unbranched alkanes of at least 4 members (excludes halogenated alkanes) is 1. The Hall–Kier alpha value is -5.82. The van der Waals surface area contributed by atoms with E-state index in [1.807, 2.05) is 84.9 Å². The van der Waals surface area contributed by atoms with Gasteiger partial charge in [0.15, 0.2) is 17.5 Å². The van der Waals surface area contributed by atoms with Gasteiger partial charge < -0.3 is 4.42 Å². The van der Waals surface area contributed by atoms with Crippen LogP contribution in [0.3, 0.4) is 0 Å². The summed E-state index contributed by atoms with van der Waals surface area (Å²) < 4.78 is 40.4. The lowest BCUT2D eigenvalue weighted by Gasteiger charge is -2.36. The average Bonchev–Trinajstić information content (AvgIpc) is 3.73. The monoisotopic (exact) mass is 669 g/mol. The molecule has 0 fully saturated rings. The summed E-state index contributed by atoms with van der Waals surface area (Å²) in [5.74, 6) is -0.335. The molecule has 0 aliphatic heterocycles. The maximum absolute atomic E-state index is 16.7. The Morgan fingerprint density at radius 1 is 0.760 bits per heavy atom. The zero-order chi connectivity index (χ0) is 35.6. The molecule has 0 amide bonds. The Bertz CT molecular complexity index is 2270. The van der Waals surface area contributed by atoms with Crippen LogP contribution in [0.25, 0.3) is 62.1 Å². The molecule has 0 aliphatic rings. The molecule has 0 atom stereocenters. The molecule has 50 heavy (non-hydrogen) atoms. The number of benzene rings is 4. The predicted octanol–water partition coefficient (Wildman–Crippen LogP) is 10.2. The number of hydrogen-bond donors (Lipinski definition) is 0. The van der Waals surface area contributed by atoms with Crippen LogP contribution in [0.2, 0.25) is 0 Å². The van der Waals surface area contributed by atoms with E-state index < -0.39 is 16.9 Å². The van der Waals surface area contributed by atoms with Crippen molar-refractivity contribution in [1.82, 2.24) is 29.7 Å². The third kappa shape index (κ3) is 6.23. The summed E-state index contributed by atoms with van der Waals surface area (Å²) in [5.41, 5.74) is -0.736. The highest BCUT2D eigenvalue weighted by atomic mass is 19.1. The smallest absolute Gasteiger partial charge is 0.256 e. The molecule has 0 unspecified atom stereocenters. The molecular formula is C40H37F2N7O. The number of para-hydroxylation sites is 1. The third-order valence-corrected chi connectivity index (χ3v) is 9.04. The van der Waals surface area contributed by atoms with Crippen LogP contribution in [0.4, 0.5) is 8.78 Å². The van der Waals surface area contributed by atoms with Crippen LogP contribution in [0, 0.1) is 17.1 Å². The molecule has 10 heteroatoms. The highest BCUT2D eigenvalue weighted by Crippen LogP contribution is 2.48. The van der Waals surface area contributed by atoms with Gasteiger partial charge in [-0.1, -0.05) is 119 Å². The van der Waals surface area contributed by atoms with E-state index in [-0.39, 0.29) is 28.7 Å². The van der Waals surface area contributed by atoms with E-state index in [1.54, 1.807) is 19.9 Å². The molecule has 7 aromatic rings. The minimum absolute atomic E-state index is 0.00377. The molecular weight excluding hydrogens is 632 g/mol. The second-order valence-corrected chi connectivity index (χ2v) is 13.0. The van der Waals surface area contributed by atoms with Crippen molar-refractivity contribution in [3.63, 3.8) is 0 Å². The maximum atomic E-state index is 16.7. The molecule has 0 spiro atoms. The molecule has 0 aliphatic carbocycles. The van der Waals surface area contributed by atoms with Gasteiger partial charge in [-0.15, -0.1) is 5.10 Å². The normalized spacial score (nSPS) is 11.7. The number of nitriles is 1. The number of fused-ring (bicyclic) bond motifs is 3. The number of aromatic nitrogens is 6. The Morgan fingerprint density at radius 3 is 1.86 bits per heavy atom. The van der Waals surface area contributed by atoms with Gasteiger partial charge in [-0.3, -0.25) is 0 Å². The first-order valence-electron chi connectivity index (χ1n) is 16.6. The Balaban J connectivity index is 0.00000103. The fraction of sp³-hybridized carbons (Fsp3) is 0.250. The second-order valence-electron chi connectivity index (χ2n) is 13.0. The summed E-state index contributed by atoms with van der Waals surface area (Å²) in [5, 5.41) is 15.5. The number of hydrogen-bond acceptors (Lipinski definition) is 7. The van der Waals surface area contributed by atoms with Crippen molar-refractivity contribution < 1.29 is 13.2 Å². The van der Waals surface area contributed by atoms with Crippen LogP contribution < -0.4 is 0 Å². The van der Waals surface area contributed by atoms with Crippen LogP contribution in [0.5, 0.6) is 0 Å². The summed E-state index contributed by atoms with van der Waals surface area (Å²) in [6.45, 7) is 10.6. The summed E-state index contributed by atoms with van der Waals surface area (Å²) in [6.07, 6.45) is 2.64. The highest BCUT2D eigenvalue weighted by molar-refractivity contribution is 6.07. The van der Waals surface area contributed by atoms with Gasteiger partial charge in [0, 0.05) is 32.9 Å². The summed E-state index contributed by atoms with van der Waals surface area (Å²) in [4.78, 5) is 18.6. The van der Waals surface area contributed by atoms with Gasteiger partial charge in [0.2, 0.25) is 0 Å². The molecule has 4 aromatic carbocycles. The average molecular weight is 670 g/mol. The van der Waals surface area contributed by atoms with Crippen LogP contribution in [-0.4, -0.2) is 35.4 Å². The fourth-order valence-corrected chi connectivity index (χ4v) is 5.49. The highest BCUT2D eigenvalue weighted by Gasteiger charge is 2.44. The molecule has 8 nitrogen and oxygen atoms in total. The van der Waals surface area contributed by atoms with E-state index in [2.05, 4.69) is 23.9 Å². The number of nitrogens with zero attached hydrogens (tertiary/aromatic N) is 7. The first kappa shape index (κ1) is 34.1. The largest absolute Gasteiger partial charge is 0.456 e. The molecule has 0 N–H and O–H groups in total. The molecule has 7 rings (SSSR count). The van der Waals surface area contributed by atoms with E-state index in [0.29, 0.717) is 44.7 Å². The molecule has 0 bridgehead atoms. The first-order chi connectivity index (χ1) is 24.0. The lowest BCUT2D eigenvalue weighted by Crippen LogP contribution is -2.39. The van der Waals surface area contributed by atoms with Gasteiger partial charge in [-0.2, -0.15) is 24.9 Å². The second kappa shape index (κ2) is 13.6. The van der Waals surface area contributed by atoms with Gasteiger partial charge in [-0.25, -0.2) is 13.8 Å². The SMILES string of the molecule is CC(C)(F)C(C)(C)c1c(-c2nc(C#N)nn2-c2nc(-c3ccccc3)nc(-c3ccccc3)n2)c(F)cc2c1oc1ccccc12.CCCC. The quantitative estimate of drug-likeness (QED) is 0.166. The molecule has 3 aromatic heterocycles. The molecule has 252 valence electrons. The maximum Gasteiger partial charge on any atom is 0.256 e. The van der Waals surface area contributed by atoms with Crippen LogP contribution in [0.1, 0.15) is 65.8 Å². The van der Waals surface area contributed by atoms with Crippen LogP contribution >= 0.6 is 0 Å².